The van der Waals surface area contributed by atoms with Crippen LogP contribution in [-0.2, 0) is 4.74 Å². The summed E-state index contributed by atoms with van der Waals surface area (Å²) in [6.45, 7) is 4.74. The summed E-state index contributed by atoms with van der Waals surface area (Å²) >= 11 is 3.35. The molecular formula is C14H22BrN3O2. The first-order valence-corrected chi connectivity index (χ1v) is 7.26. The lowest BCUT2D eigenvalue weighted by Crippen LogP contribution is -2.34. The molecule has 0 saturated carbocycles. The fourth-order valence-corrected chi connectivity index (χ4v) is 2.23. The third-order valence-corrected chi connectivity index (χ3v) is 3.57. The van der Waals surface area contributed by atoms with Crippen LogP contribution in [0.25, 0.3) is 0 Å². The Morgan fingerprint density at radius 2 is 2.15 bits per heavy atom. The first kappa shape index (κ1) is 16.9. The number of carbonyl (C=O) groups is 1. The van der Waals surface area contributed by atoms with Crippen LogP contribution in [-0.4, -0.2) is 51.2 Å². The van der Waals surface area contributed by atoms with E-state index >= 15 is 0 Å². The highest BCUT2D eigenvalue weighted by atomic mass is 79.9. The van der Waals surface area contributed by atoms with Crippen molar-refractivity contribution >= 4 is 27.5 Å². The molecule has 3 N–H and O–H groups in total. The summed E-state index contributed by atoms with van der Waals surface area (Å²) < 4.78 is 5.81. The van der Waals surface area contributed by atoms with Crippen molar-refractivity contribution in [2.24, 2.45) is 0 Å². The second-order valence-corrected chi connectivity index (χ2v) is 5.64. The molecule has 0 spiro atoms. The van der Waals surface area contributed by atoms with Gasteiger partial charge in [0.05, 0.1) is 6.61 Å². The molecule has 0 fully saturated rings. The number of hydrogen-bond donors (Lipinski definition) is 2. The number of benzene rings is 1. The van der Waals surface area contributed by atoms with Gasteiger partial charge in [0.2, 0.25) is 0 Å². The maximum absolute atomic E-state index is 12.1. The van der Waals surface area contributed by atoms with Crippen LogP contribution in [0.3, 0.4) is 0 Å². The van der Waals surface area contributed by atoms with Crippen molar-refractivity contribution in [1.82, 2.24) is 10.2 Å². The Morgan fingerprint density at radius 3 is 2.80 bits per heavy atom. The quantitative estimate of drug-likeness (QED) is 0.738. The fraction of sp³-hybridized carbons (Fsp3) is 0.500. The number of methoxy groups -OCH3 is 1. The van der Waals surface area contributed by atoms with E-state index in [1.807, 2.05) is 14.0 Å². The smallest absolute Gasteiger partial charge is 0.251 e. The lowest BCUT2D eigenvalue weighted by Gasteiger charge is -2.16. The van der Waals surface area contributed by atoms with Crippen LogP contribution in [0.15, 0.2) is 16.6 Å². The van der Waals surface area contributed by atoms with E-state index in [9.17, 15) is 4.79 Å². The monoisotopic (exact) mass is 343 g/mol. The Morgan fingerprint density at radius 1 is 1.45 bits per heavy atom. The van der Waals surface area contributed by atoms with Crippen LogP contribution in [0, 0.1) is 6.92 Å². The molecule has 5 nitrogen and oxygen atoms in total. The molecule has 1 aromatic rings. The van der Waals surface area contributed by atoms with Crippen LogP contribution >= 0.6 is 15.9 Å². The number of nitrogen functional groups attached to an aromatic ring is 1. The molecule has 0 aliphatic heterocycles. The normalized spacial score (nSPS) is 10.8. The predicted octanol–water partition coefficient (Wildman–Crippen LogP) is 1.65. The van der Waals surface area contributed by atoms with Crippen LogP contribution in [0.4, 0.5) is 5.69 Å². The fourth-order valence-electron chi connectivity index (χ4n) is 1.75. The third kappa shape index (κ3) is 5.11. The summed E-state index contributed by atoms with van der Waals surface area (Å²) in [6, 6.07) is 3.58. The van der Waals surface area contributed by atoms with Gasteiger partial charge in [-0.2, -0.15) is 0 Å². The van der Waals surface area contributed by atoms with Gasteiger partial charge in [-0.15, -0.1) is 0 Å². The zero-order valence-electron chi connectivity index (χ0n) is 12.2. The van der Waals surface area contributed by atoms with Gasteiger partial charge in [-0.1, -0.05) is 15.9 Å². The second kappa shape index (κ2) is 8.24. The number of likely N-dealkylation sites (N-methyl/N-ethyl adjacent to an activating group) is 1. The van der Waals surface area contributed by atoms with Gasteiger partial charge < -0.3 is 20.7 Å². The Kier molecular flexibility index (Phi) is 6.98. The summed E-state index contributed by atoms with van der Waals surface area (Å²) in [5, 5.41) is 2.90. The maximum Gasteiger partial charge on any atom is 0.251 e. The summed E-state index contributed by atoms with van der Waals surface area (Å²) in [6.07, 6.45) is 0. The Balaban J connectivity index is 2.51. The van der Waals surface area contributed by atoms with Crippen LogP contribution in [0.1, 0.15) is 15.9 Å². The number of ether oxygens (including phenoxy) is 1. The largest absolute Gasteiger partial charge is 0.398 e. The average Bonchev–Trinajstić information content (AvgIpc) is 2.40. The maximum atomic E-state index is 12.1. The minimum atomic E-state index is -0.101. The zero-order valence-corrected chi connectivity index (χ0v) is 13.8. The van der Waals surface area contributed by atoms with Gasteiger partial charge in [0.25, 0.3) is 5.91 Å². The minimum absolute atomic E-state index is 0.101. The van der Waals surface area contributed by atoms with E-state index in [0.717, 1.165) is 23.1 Å². The molecule has 0 aliphatic carbocycles. The number of amides is 1. The number of carbonyl (C=O) groups excluding carboxylic acids is 1. The van der Waals surface area contributed by atoms with Crippen molar-refractivity contribution in [2.75, 3.05) is 46.1 Å². The third-order valence-electron chi connectivity index (χ3n) is 3.11. The molecule has 6 heteroatoms. The highest BCUT2D eigenvalue weighted by Gasteiger charge is 2.12. The van der Waals surface area contributed by atoms with Crippen LogP contribution in [0.5, 0.6) is 0 Å². The van der Waals surface area contributed by atoms with Crippen molar-refractivity contribution in [2.45, 2.75) is 6.92 Å². The lowest BCUT2D eigenvalue weighted by atomic mass is 10.1. The molecule has 0 unspecified atom stereocenters. The van der Waals surface area contributed by atoms with E-state index < -0.39 is 0 Å². The standard InChI is InChI=1S/C14H22BrN3O2/c1-10-12(8-11(15)9-13(10)16)14(19)17-4-5-18(2)6-7-20-3/h8-9H,4-7,16H2,1-3H3,(H,17,19). The molecule has 0 radical (unpaired) electrons. The Hall–Kier alpha value is -1.11. The van der Waals surface area contributed by atoms with Gasteiger partial charge in [0.1, 0.15) is 0 Å². The zero-order chi connectivity index (χ0) is 15.1. The van der Waals surface area contributed by atoms with Crippen molar-refractivity contribution in [1.29, 1.82) is 0 Å². The topological polar surface area (TPSA) is 67.6 Å². The first-order chi connectivity index (χ1) is 9.45. The number of nitrogens with one attached hydrogen (secondary N) is 1. The summed E-state index contributed by atoms with van der Waals surface area (Å²) in [4.78, 5) is 14.2. The Bertz CT molecular complexity index is 466. The van der Waals surface area contributed by atoms with Crippen molar-refractivity contribution in [3.8, 4) is 0 Å². The van der Waals surface area contributed by atoms with E-state index in [-0.39, 0.29) is 5.91 Å². The van der Waals surface area contributed by atoms with E-state index in [0.29, 0.717) is 24.4 Å². The Labute approximate surface area is 128 Å². The van der Waals surface area contributed by atoms with Gasteiger partial charge >= 0.3 is 0 Å². The van der Waals surface area contributed by atoms with Gasteiger partial charge in [-0.25, -0.2) is 0 Å². The lowest BCUT2D eigenvalue weighted by molar-refractivity contribution is 0.0947. The number of anilines is 1. The number of nitrogens with two attached hydrogens (primary N) is 1. The number of halogens is 1. The summed E-state index contributed by atoms with van der Waals surface area (Å²) in [5.74, 6) is -0.101. The molecule has 20 heavy (non-hydrogen) atoms. The minimum Gasteiger partial charge on any atom is -0.398 e. The van der Waals surface area contributed by atoms with Crippen molar-refractivity contribution < 1.29 is 9.53 Å². The van der Waals surface area contributed by atoms with Crippen molar-refractivity contribution in [3.05, 3.63) is 27.7 Å². The molecule has 112 valence electrons. The second-order valence-electron chi connectivity index (χ2n) is 4.72. The number of nitrogens with zero attached hydrogens (tertiary/aromatic N) is 1. The summed E-state index contributed by atoms with van der Waals surface area (Å²) in [5.41, 5.74) is 7.88. The van der Waals surface area contributed by atoms with Crippen LogP contribution < -0.4 is 11.1 Å². The average molecular weight is 344 g/mol. The molecule has 0 aromatic heterocycles. The molecule has 1 amide bonds. The van der Waals surface area contributed by atoms with Gasteiger partial charge in [-0.3, -0.25) is 4.79 Å². The number of rotatable bonds is 7. The highest BCUT2D eigenvalue weighted by Crippen LogP contribution is 2.22. The first-order valence-electron chi connectivity index (χ1n) is 6.47. The van der Waals surface area contributed by atoms with E-state index in [4.69, 9.17) is 10.5 Å². The molecule has 0 atom stereocenters. The van der Waals surface area contributed by atoms with Gasteiger partial charge in [0.15, 0.2) is 0 Å². The number of hydrogen-bond acceptors (Lipinski definition) is 4. The van der Waals surface area contributed by atoms with Gasteiger partial charge in [0, 0.05) is 42.5 Å². The SMILES string of the molecule is COCCN(C)CCNC(=O)c1cc(Br)cc(N)c1C. The predicted molar refractivity (Wildman–Crippen MR) is 85.0 cm³/mol. The van der Waals surface area contributed by atoms with Crippen molar-refractivity contribution in [3.63, 3.8) is 0 Å². The van der Waals surface area contributed by atoms with E-state index in [1.54, 1.807) is 19.2 Å². The van der Waals surface area contributed by atoms with Crippen LogP contribution in [0.2, 0.25) is 0 Å². The molecule has 0 saturated heterocycles. The molecular weight excluding hydrogens is 322 g/mol. The molecule has 0 heterocycles. The molecule has 1 aromatic carbocycles. The molecule has 0 bridgehead atoms. The van der Waals surface area contributed by atoms with Gasteiger partial charge in [-0.05, 0) is 31.7 Å². The summed E-state index contributed by atoms with van der Waals surface area (Å²) in [7, 11) is 3.67. The molecule has 1 rings (SSSR count). The van der Waals surface area contributed by atoms with E-state index in [2.05, 4.69) is 26.1 Å². The highest BCUT2D eigenvalue weighted by molar-refractivity contribution is 9.10. The molecule has 0 aliphatic rings. The van der Waals surface area contributed by atoms with E-state index in [1.165, 1.54) is 0 Å².